The third-order valence-corrected chi connectivity index (χ3v) is 4.61. The predicted molar refractivity (Wildman–Crippen MR) is 89.2 cm³/mol. The minimum atomic E-state index is -0.204. The molecule has 0 spiro atoms. The molecule has 1 aliphatic rings. The van der Waals surface area contributed by atoms with Crippen molar-refractivity contribution >= 4 is 12.0 Å². The van der Waals surface area contributed by atoms with Crippen molar-refractivity contribution in [2.24, 2.45) is 0 Å². The standard InChI is InChI=1S/C18H26N2O3/c1-23-16(21)10-5-6-13-19-17(22)20-14-18(11-7-12-18)15-8-3-2-4-9-15/h2-4,8-9H,5-7,10-14H2,1H3,(H2,19,20,22). The first-order chi connectivity index (χ1) is 11.2. The van der Waals surface area contributed by atoms with Crippen molar-refractivity contribution < 1.29 is 14.3 Å². The Morgan fingerprint density at radius 2 is 1.87 bits per heavy atom. The van der Waals surface area contributed by atoms with Crippen LogP contribution in [0.2, 0.25) is 0 Å². The quantitative estimate of drug-likeness (QED) is 0.572. The molecule has 0 unspecified atom stereocenters. The third-order valence-electron chi connectivity index (χ3n) is 4.61. The van der Waals surface area contributed by atoms with Crippen LogP contribution in [-0.4, -0.2) is 32.2 Å². The lowest BCUT2D eigenvalue weighted by molar-refractivity contribution is -0.140. The van der Waals surface area contributed by atoms with Crippen LogP contribution in [0.5, 0.6) is 0 Å². The molecule has 0 aliphatic heterocycles. The summed E-state index contributed by atoms with van der Waals surface area (Å²) < 4.78 is 4.58. The molecule has 1 aromatic carbocycles. The molecule has 2 N–H and O–H groups in total. The Kier molecular flexibility index (Phi) is 6.44. The van der Waals surface area contributed by atoms with E-state index in [1.807, 2.05) is 6.07 Å². The predicted octanol–water partition coefficient (Wildman–Crippen LogP) is 2.75. The van der Waals surface area contributed by atoms with E-state index in [1.54, 1.807) is 0 Å². The van der Waals surface area contributed by atoms with E-state index in [0.29, 0.717) is 19.5 Å². The maximum Gasteiger partial charge on any atom is 0.314 e. The van der Waals surface area contributed by atoms with Crippen LogP contribution in [0.1, 0.15) is 44.1 Å². The van der Waals surface area contributed by atoms with Crippen molar-refractivity contribution in [1.29, 1.82) is 0 Å². The van der Waals surface area contributed by atoms with Gasteiger partial charge >= 0.3 is 12.0 Å². The molecule has 0 aromatic heterocycles. The van der Waals surface area contributed by atoms with Gasteiger partial charge in [-0.1, -0.05) is 36.8 Å². The topological polar surface area (TPSA) is 67.4 Å². The summed E-state index contributed by atoms with van der Waals surface area (Å²) in [6.07, 6.45) is 5.35. The van der Waals surface area contributed by atoms with E-state index in [4.69, 9.17) is 0 Å². The molecule has 1 fully saturated rings. The van der Waals surface area contributed by atoms with E-state index >= 15 is 0 Å². The zero-order chi connectivity index (χ0) is 16.5. The fourth-order valence-corrected chi connectivity index (χ4v) is 2.97. The summed E-state index contributed by atoms with van der Waals surface area (Å²) in [6, 6.07) is 10.3. The Morgan fingerprint density at radius 3 is 2.48 bits per heavy atom. The summed E-state index contributed by atoms with van der Waals surface area (Å²) in [5.41, 5.74) is 1.41. The Bertz CT molecular complexity index is 512. The number of urea groups is 1. The fraction of sp³-hybridized carbons (Fsp3) is 0.556. The molecular weight excluding hydrogens is 292 g/mol. The molecule has 23 heavy (non-hydrogen) atoms. The van der Waals surface area contributed by atoms with E-state index in [1.165, 1.54) is 19.1 Å². The van der Waals surface area contributed by atoms with Gasteiger partial charge in [0.2, 0.25) is 0 Å². The molecule has 5 nitrogen and oxygen atoms in total. The second kappa shape index (κ2) is 8.56. The Hall–Kier alpha value is -2.04. The Balaban J connectivity index is 1.67. The molecule has 0 atom stereocenters. The van der Waals surface area contributed by atoms with E-state index in [9.17, 15) is 9.59 Å². The average molecular weight is 318 g/mol. The number of amides is 2. The molecule has 0 radical (unpaired) electrons. The summed E-state index contributed by atoms with van der Waals surface area (Å²) in [6.45, 7) is 1.24. The molecule has 1 saturated carbocycles. The van der Waals surface area contributed by atoms with Gasteiger partial charge in [-0.05, 0) is 31.2 Å². The summed E-state index contributed by atoms with van der Waals surface area (Å²) >= 11 is 0. The minimum Gasteiger partial charge on any atom is -0.469 e. The molecular formula is C18H26N2O3. The molecule has 0 heterocycles. The van der Waals surface area contributed by atoms with Gasteiger partial charge in [-0.2, -0.15) is 0 Å². The van der Waals surface area contributed by atoms with Gasteiger partial charge in [-0.25, -0.2) is 4.79 Å². The largest absolute Gasteiger partial charge is 0.469 e. The summed E-state index contributed by atoms with van der Waals surface area (Å²) in [7, 11) is 1.39. The number of unbranched alkanes of at least 4 members (excludes halogenated alkanes) is 1. The maximum absolute atomic E-state index is 11.9. The first kappa shape index (κ1) is 17.3. The molecule has 1 aliphatic carbocycles. The van der Waals surface area contributed by atoms with Crippen LogP contribution in [0.4, 0.5) is 4.79 Å². The van der Waals surface area contributed by atoms with Crippen LogP contribution in [0.15, 0.2) is 30.3 Å². The van der Waals surface area contributed by atoms with Crippen molar-refractivity contribution in [3.63, 3.8) is 0 Å². The van der Waals surface area contributed by atoms with Gasteiger partial charge in [0.1, 0.15) is 0 Å². The highest BCUT2D eigenvalue weighted by molar-refractivity contribution is 5.74. The summed E-state index contributed by atoms with van der Waals surface area (Å²) in [5.74, 6) is -0.204. The highest BCUT2D eigenvalue weighted by Gasteiger charge is 2.38. The first-order valence-electron chi connectivity index (χ1n) is 8.30. The minimum absolute atomic E-state index is 0.101. The van der Waals surface area contributed by atoms with Crippen LogP contribution in [-0.2, 0) is 14.9 Å². The number of benzene rings is 1. The van der Waals surface area contributed by atoms with Crippen LogP contribution in [0.25, 0.3) is 0 Å². The smallest absolute Gasteiger partial charge is 0.314 e. The van der Waals surface area contributed by atoms with Crippen molar-refractivity contribution in [2.75, 3.05) is 20.2 Å². The third kappa shape index (κ3) is 4.98. The average Bonchev–Trinajstić information content (AvgIpc) is 2.54. The highest BCUT2D eigenvalue weighted by atomic mass is 16.5. The molecule has 0 saturated heterocycles. The fourth-order valence-electron chi connectivity index (χ4n) is 2.97. The molecule has 2 rings (SSSR count). The number of ether oxygens (including phenoxy) is 1. The van der Waals surface area contributed by atoms with E-state index < -0.39 is 0 Å². The molecule has 2 amide bonds. The van der Waals surface area contributed by atoms with Gasteiger partial charge in [0.05, 0.1) is 7.11 Å². The number of carbonyl (C=O) groups is 2. The molecule has 1 aromatic rings. The number of methoxy groups -OCH3 is 1. The lowest BCUT2D eigenvalue weighted by Gasteiger charge is -2.42. The second-order valence-corrected chi connectivity index (χ2v) is 6.14. The van der Waals surface area contributed by atoms with Crippen LogP contribution in [0.3, 0.4) is 0 Å². The van der Waals surface area contributed by atoms with Gasteiger partial charge in [0.15, 0.2) is 0 Å². The van der Waals surface area contributed by atoms with E-state index in [-0.39, 0.29) is 17.4 Å². The zero-order valence-electron chi connectivity index (χ0n) is 13.8. The van der Waals surface area contributed by atoms with Crippen LogP contribution < -0.4 is 10.6 Å². The molecule has 5 heteroatoms. The van der Waals surface area contributed by atoms with Gasteiger partial charge in [0, 0.05) is 24.9 Å². The summed E-state index contributed by atoms with van der Waals surface area (Å²) in [5, 5.41) is 5.84. The van der Waals surface area contributed by atoms with Gasteiger partial charge in [-0.15, -0.1) is 0 Å². The zero-order valence-corrected chi connectivity index (χ0v) is 13.8. The summed E-state index contributed by atoms with van der Waals surface area (Å²) in [4.78, 5) is 22.9. The van der Waals surface area contributed by atoms with Gasteiger partial charge < -0.3 is 15.4 Å². The maximum atomic E-state index is 11.9. The monoisotopic (exact) mass is 318 g/mol. The number of carbonyl (C=O) groups excluding carboxylic acids is 2. The number of hydrogen-bond donors (Lipinski definition) is 2. The first-order valence-corrected chi connectivity index (χ1v) is 8.30. The van der Waals surface area contributed by atoms with Crippen molar-refractivity contribution in [1.82, 2.24) is 10.6 Å². The van der Waals surface area contributed by atoms with Gasteiger partial charge in [-0.3, -0.25) is 4.79 Å². The van der Waals surface area contributed by atoms with Crippen molar-refractivity contribution in [3.05, 3.63) is 35.9 Å². The number of hydrogen-bond acceptors (Lipinski definition) is 3. The second-order valence-electron chi connectivity index (χ2n) is 6.14. The number of rotatable bonds is 8. The van der Waals surface area contributed by atoms with Crippen molar-refractivity contribution in [2.45, 2.75) is 43.9 Å². The normalized spacial score (nSPS) is 15.3. The number of nitrogens with one attached hydrogen (secondary N) is 2. The molecule has 126 valence electrons. The Labute approximate surface area is 137 Å². The van der Waals surface area contributed by atoms with Crippen LogP contribution >= 0.6 is 0 Å². The van der Waals surface area contributed by atoms with Crippen LogP contribution in [0, 0.1) is 0 Å². The van der Waals surface area contributed by atoms with Gasteiger partial charge in [0.25, 0.3) is 0 Å². The lowest BCUT2D eigenvalue weighted by Crippen LogP contribution is -2.48. The van der Waals surface area contributed by atoms with E-state index in [2.05, 4.69) is 39.6 Å². The lowest BCUT2D eigenvalue weighted by atomic mass is 9.64. The SMILES string of the molecule is COC(=O)CCCCNC(=O)NCC1(c2ccccc2)CCC1. The number of esters is 1. The van der Waals surface area contributed by atoms with E-state index in [0.717, 1.165) is 25.7 Å². The Morgan fingerprint density at radius 1 is 1.13 bits per heavy atom. The highest BCUT2D eigenvalue weighted by Crippen LogP contribution is 2.43. The molecule has 0 bridgehead atoms. The van der Waals surface area contributed by atoms with Crippen molar-refractivity contribution in [3.8, 4) is 0 Å².